The quantitative estimate of drug-likeness (QED) is 0.674. The molecule has 2 aromatic heterocycles. The van der Waals surface area contributed by atoms with E-state index in [4.69, 9.17) is 4.52 Å². The van der Waals surface area contributed by atoms with E-state index < -0.39 is 0 Å². The van der Waals surface area contributed by atoms with Crippen LogP contribution in [-0.4, -0.2) is 30.1 Å². The minimum atomic E-state index is -0.143. The van der Waals surface area contributed by atoms with E-state index in [0.717, 1.165) is 59.4 Å². The molecule has 6 nitrogen and oxygen atoms in total. The van der Waals surface area contributed by atoms with Gasteiger partial charge < -0.3 is 14.7 Å². The summed E-state index contributed by atoms with van der Waals surface area (Å²) in [5.74, 6) is 0.285. The summed E-state index contributed by atoms with van der Waals surface area (Å²) < 4.78 is 5.48. The zero-order valence-corrected chi connectivity index (χ0v) is 16.9. The molecule has 2 heterocycles. The van der Waals surface area contributed by atoms with Crippen LogP contribution in [0.3, 0.4) is 0 Å². The molecule has 28 heavy (non-hydrogen) atoms. The third-order valence-electron chi connectivity index (χ3n) is 5.24. The summed E-state index contributed by atoms with van der Waals surface area (Å²) in [5, 5.41) is 8.00. The van der Waals surface area contributed by atoms with E-state index in [9.17, 15) is 4.79 Å². The van der Waals surface area contributed by atoms with Crippen LogP contribution >= 0.6 is 0 Å². The predicted octanol–water partition coefficient (Wildman–Crippen LogP) is 4.68. The first-order valence-electron chi connectivity index (χ1n) is 9.86. The summed E-state index contributed by atoms with van der Waals surface area (Å²) in [6.45, 7) is 4.09. The van der Waals surface area contributed by atoms with Crippen molar-refractivity contribution in [2.24, 2.45) is 0 Å². The van der Waals surface area contributed by atoms with E-state index in [2.05, 4.69) is 28.4 Å². The maximum absolute atomic E-state index is 13.2. The number of anilines is 2. The Morgan fingerprint density at radius 2 is 2.07 bits per heavy atom. The lowest BCUT2D eigenvalue weighted by molar-refractivity contribution is 0.102. The maximum atomic E-state index is 13.2. The number of pyridine rings is 1. The van der Waals surface area contributed by atoms with Crippen molar-refractivity contribution in [2.45, 2.75) is 45.4 Å². The van der Waals surface area contributed by atoms with E-state index in [-0.39, 0.29) is 5.91 Å². The summed E-state index contributed by atoms with van der Waals surface area (Å²) in [6, 6.07) is 7.94. The SMILES string of the molecule is CCCc1noc2nc(C3CC3)cc(C(=O)Nc3ccc(N(C)C)cc3C)c12. The zero-order valence-electron chi connectivity index (χ0n) is 16.9. The molecule has 0 atom stereocenters. The molecule has 146 valence electrons. The Kier molecular flexibility index (Phi) is 4.79. The lowest BCUT2D eigenvalue weighted by Crippen LogP contribution is -2.15. The van der Waals surface area contributed by atoms with Crippen LogP contribution in [-0.2, 0) is 6.42 Å². The summed E-state index contributed by atoms with van der Waals surface area (Å²) in [7, 11) is 4.00. The van der Waals surface area contributed by atoms with Crippen molar-refractivity contribution in [1.29, 1.82) is 0 Å². The minimum absolute atomic E-state index is 0.143. The topological polar surface area (TPSA) is 71.3 Å². The van der Waals surface area contributed by atoms with Crippen LogP contribution in [0.2, 0.25) is 0 Å². The highest BCUT2D eigenvalue weighted by atomic mass is 16.5. The number of benzene rings is 1. The normalized spacial score (nSPS) is 13.7. The largest absolute Gasteiger partial charge is 0.378 e. The fraction of sp³-hybridized carbons (Fsp3) is 0.409. The number of nitrogens with zero attached hydrogens (tertiary/aromatic N) is 3. The van der Waals surface area contributed by atoms with Gasteiger partial charge in [0.2, 0.25) is 0 Å². The molecule has 1 aliphatic rings. The van der Waals surface area contributed by atoms with E-state index in [1.807, 2.05) is 44.1 Å². The Bertz CT molecular complexity index is 1030. The van der Waals surface area contributed by atoms with Crippen LogP contribution in [0.4, 0.5) is 11.4 Å². The van der Waals surface area contributed by atoms with E-state index in [0.29, 0.717) is 17.2 Å². The second-order valence-electron chi connectivity index (χ2n) is 7.78. The Balaban J connectivity index is 1.72. The van der Waals surface area contributed by atoms with Crippen molar-refractivity contribution in [3.05, 3.63) is 46.8 Å². The zero-order chi connectivity index (χ0) is 19.8. The lowest BCUT2D eigenvalue weighted by Gasteiger charge is -2.16. The molecule has 0 spiro atoms. The van der Waals surface area contributed by atoms with Crippen LogP contribution in [0.1, 0.15) is 59.4 Å². The van der Waals surface area contributed by atoms with Crippen LogP contribution < -0.4 is 10.2 Å². The fourth-order valence-corrected chi connectivity index (χ4v) is 3.46. The highest BCUT2D eigenvalue weighted by Gasteiger charge is 2.29. The molecule has 6 heteroatoms. The van der Waals surface area contributed by atoms with Gasteiger partial charge in [-0.05, 0) is 56.0 Å². The second-order valence-corrected chi connectivity index (χ2v) is 7.78. The van der Waals surface area contributed by atoms with E-state index in [1.54, 1.807) is 0 Å². The molecule has 0 radical (unpaired) electrons. The first-order valence-corrected chi connectivity index (χ1v) is 9.86. The summed E-state index contributed by atoms with van der Waals surface area (Å²) in [5.41, 5.74) is 5.73. The number of hydrogen-bond donors (Lipinski definition) is 1. The first-order chi connectivity index (χ1) is 13.5. The number of carbonyl (C=O) groups is 1. The van der Waals surface area contributed by atoms with Crippen molar-refractivity contribution in [3.63, 3.8) is 0 Å². The predicted molar refractivity (Wildman–Crippen MR) is 111 cm³/mol. The third kappa shape index (κ3) is 3.46. The molecule has 3 aromatic rings. The van der Waals surface area contributed by atoms with Gasteiger partial charge in [-0.25, -0.2) is 4.98 Å². The van der Waals surface area contributed by atoms with Gasteiger partial charge in [-0.15, -0.1) is 0 Å². The molecule has 0 bridgehead atoms. The molecule has 1 fully saturated rings. The number of fused-ring (bicyclic) bond motifs is 1. The van der Waals surface area contributed by atoms with Crippen LogP contribution in [0.25, 0.3) is 11.1 Å². The number of carbonyl (C=O) groups excluding carboxylic acids is 1. The van der Waals surface area contributed by atoms with Gasteiger partial charge in [-0.2, -0.15) is 0 Å². The minimum Gasteiger partial charge on any atom is -0.378 e. The Morgan fingerprint density at radius 1 is 1.29 bits per heavy atom. The fourth-order valence-electron chi connectivity index (χ4n) is 3.46. The molecular weight excluding hydrogens is 352 g/mol. The van der Waals surface area contributed by atoms with Crippen molar-refractivity contribution in [2.75, 3.05) is 24.3 Å². The van der Waals surface area contributed by atoms with Crippen LogP contribution in [0.5, 0.6) is 0 Å². The van der Waals surface area contributed by atoms with Gasteiger partial charge >= 0.3 is 0 Å². The molecule has 1 amide bonds. The van der Waals surface area contributed by atoms with E-state index in [1.165, 1.54) is 0 Å². The van der Waals surface area contributed by atoms with Gasteiger partial charge in [0, 0.05) is 37.1 Å². The van der Waals surface area contributed by atoms with Gasteiger partial charge in [0.25, 0.3) is 11.6 Å². The van der Waals surface area contributed by atoms with Crippen molar-refractivity contribution >= 4 is 28.4 Å². The summed E-state index contributed by atoms with van der Waals surface area (Å²) >= 11 is 0. The van der Waals surface area contributed by atoms with E-state index >= 15 is 0 Å². The highest BCUT2D eigenvalue weighted by Crippen LogP contribution is 2.40. The van der Waals surface area contributed by atoms with Gasteiger partial charge in [-0.1, -0.05) is 18.5 Å². The monoisotopic (exact) mass is 378 g/mol. The van der Waals surface area contributed by atoms with Crippen molar-refractivity contribution in [3.8, 4) is 0 Å². The molecule has 1 aliphatic carbocycles. The first kappa shape index (κ1) is 18.5. The average molecular weight is 378 g/mol. The molecule has 1 aromatic carbocycles. The number of hydrogen-bond acceptors (Lipinski definition) is 5. The number of nitrogens with one attached hydrogen (secondary N) is 1. The smallest absolute Gasteiger partial charge is 0.259 e. The van der Waals surface area contributed by atoms with Gasteiger partial charge in [0.15, 0.2) is 0 Å². The Morgan fingerprint density at radius 3 is 2.71 bits per heavy atom. The van der Waals surface area contributed by atoms with Crippen LogP contribution in [0.15, 0.2) is 28.8 Å². The standard InChI is InChI=1S/C22H26N4O2/c1-5-6-18-20-16(12-19(14-7-8-14)24-22(20)28-25-18)21(27)23-17-10-9-15(26(3)4)11-13(17)2/h9-12,14H,5-8H2,1-4H3,(H,23,27). The molecule has 0 saturated heterocycles. The number of aromatic nitrogens is 2. The average Bonchev–Trinajstić information content (AvgIpc) is 3.44. The summed E-state index contributed by atoms with van der Waals surface area (Å²) in [4.78, 5) is 19.9. The number of aryl methyl sites for hydroxylation is 2. The van der Waals surface area contributed by atoms with Crippen molar-refractivity contribution < 1.29 is 9.32 Å². The second kappa shape index (κ2) is 7.26. The maximum Gasteiger partial charge on any atom is 0.259 e. The molecule has 0 unspecified atom stereocenters. The third-order valence-corrected chi connectivity index (χ3v) is 5.24. The van der Waals surface area contributed by atoms with Gasteiger partial charge in [-0.3, -0.25) is 4.79 Å². The highest BCUT2D eigenvalue weighted by molar-refractivity contribution is 6.12. The molecular formula is C22H26N4O2. The molecule has 0 aliphatic heterocycles. The number of amides is 1. The molecule has 1 N–H and O–H groups in total. The van der Waals surface area contributed by atoms with Gasteiger partial charge in [0.1, 0.15) is 0 Å². The summed E-state index contributed by atoms with van der Waals surface area (Å²) in [6.07, 6.45) is 3.91. The number of rotatable bonds is 6. The lowest BCUT2D eigenvalue weighted by atomic mass is 10.0. The Hall–Kier alpha value is -2.89. The van der Waals surface area contributed by atoms with Gasteiger partial charge in [0.05, 0.1) is 16.6 Å². The van der Waals surface area contributed by atoms with Crippen molar-refractivity contribution in [1.82, 2.24) is 10.1 Å². The Labute approximate surface area is 164 Å². The molecule has 1 saturated carbocycles. The van der Waals surface area contributed by atoms with Crippen LogP contribution in [0, 0.1) is 6.92 Å². The molecule has 4 rings (SSSR count).